The number of hydrogen-bond donors (Lipinski definition) is 2. The minimum atomic E-state index is -0.686. The Hall–Kier alpha value is -1.85. The molecule has 0 unspecified atom stereocenters. The van der Waals surface area contributed by atoms with Gasteiger partial charge in [0.1, 0.15) is 5.82 Å². The minimum Gasteiger partial charge on any atom is -0.481 e. The number of piperidine rings is 1. The molecular weight excluding hydrogens is 256 g/mol. The normalized spacial score (nSPS) is 16.2. The van der Waals surface area contributed by atoms with Crippen LogP contribution in [0.5, 0.6) is 0 Å². The van der Waals surface area contributed by atoms with Gasteiger partial charge in [-0.1, -0.05) is 6.92 Å². The summed E-state index contributed by atoms with van der Waals surface area (Å²) in [6, 6.07) is 1.96. The summed E-state index contributed by atoms with van der Waals surface area (Å²) in [5, 5.41) is 12.2. The molecule has 2 heterocycles. The lowest BCUT2D eigenvalue weighted by molar-refractivity contribution is -0.142. The molecule has 2 rings (SSSR count). The molecule has 20 heavy (non-hydrogen) atoms. The van der Waals surface area contributed by atoms with Gasteiger partial charge < -0.3 is 15.3 Å². The van der Waals surface area contributed by atoms with Crippen LogP contribution in [0.2, 0.25) is 0 Å². The number of nitrogens with one attached hydrogen (secondary N) is 1. The predicted octanol–water partition coefficient (Wildman–Crippen LogP) is 1.91. The van der Waals surface area contributed by atoms with E-state index < -0.39 is 5.97 Å². The summed E-state index contributed by atoms with van der Waals surface area (Å²) in [4.78, 5) is 22.0. The van der Waals surface area contributed by atoms with E-state index in [0.717, 1.165) is 37.6 Å². The van der Waals surface area contributed by atoms with Crippen LogP contribution in [0.15, 0.2) is 6.07 Å². The molecule has 1 aromatic rings. The fourth-order valence-electron chi connectivity index (χ4n) is 2.39. The molecule has 0 spiro atoms. The molecule has 0 atom stereocenters. The second kappa shape index (κ2) is 6.54. The number of carboxylic acid groups (broad SMARTS) is 1. The van der Waals surface area contributed by atoms with Crippen LogP contribution in [0.4, 0.5) is 11.8 Å². The van der Waals surface area contributed by atoms with Gasteiger partial charge in [-0.05, 0) is 26.2 Å². The third kappa shape index (κ3) is 3.59. The van der Waals surface area contributed by atoms with Gasteiger partial charge in [0, 0.05) is 31.4 Å². The van der Waals surface area contributed by atoms with E-state index in [1.54, 1.807) is 0 Å². The van der Waals surface area contributed by atoms with E-state index in [9.17, 15) is 4.79 Å². The SMILES string of the molecule is CCCNc1nc(C)cc(N2CCC(C(=O)O)CC2)n1. The highest BCUT2D eigenvalue weighted by atomic mass is 16.4. The van der Waals surface area contributed by atoms with Gasteiger partial charge in [0.2, 0.25) is 5.95 Å². The molecule has 1 saturated heterocycles. The zero-order valence-electron chi connectivity index (χ0n) is 12.1. The molecule has 2 N–H and O–H groups in total. The number of aliphatic carboxylic acids is 1. The maximum atomic E-state index is 11.0. The minimum absolute atomic E-state index is 0.216. The van der Waals surface area contributed by atoms with Crippen LogP contribution in [0.1, 0.15) is 31.9 Å². The summed E-state index contributed by atoms with van der Waals surface area (Å²) in [5.74, 6) is 0.642. The zero-order chi connectivity index (χ0) is 14.5. The average Bonchev–Trinajstić information content (AvgIpc) is 2.44. The van der Waals surface area contributed by atoms with Crippen molar-refractivity contribution in [2.75, 3.05) is 29.9 Å². The summed E-state index contributed by atoms with van der Waals surface area (Å²) in [6.45, 7) is 6.37. The summed E-state index contributed by atoms with van der Waals surface area (Å²) < 4.78 is 0. The molecule has 0 amide bonds. The monoisotopic (exact) mass is 278 g/mol. The molecule has 110 valence electrons. The van der Waals surface area contributed by atoms with Gasteiger partial charge in [-0.3, -0.25) is 4.79 Å². The third-order valence-corrected chi connectivity index (χ3v) is 3.54. The van der Waals surface area contributed by atoms with E-state index in [0.29, 0.717) is 18.8 Å². The maximum absolute atomic E-state index is 11.0. The van der Waals surface area contributed by atoms with Crippen LogP contribution in [0.25, 0.3) is 0 Å². The highest BCUT2D eigenvalue weighted by Gasteiger charge is 2.25. The maximum Gasteiger partial charge on any atom is 0.306 e. The number of carbonyl (C=O) groups is 1. The van der Waals surface area contributed by atoms with E-state index in [-0.39, 0.29) is 5.92 Å². The van der Waals surface area contributed by atoms with Gasteiger partial charge in [-0.25, -0.2) is 4.98 Å². The Bertz CT molecular complexity index is 470. The molecule has 6 heteroatoms. The Balaban J connectivity index is 2.05. The Morgan fingerprint density at radius 2 is 2.15 bits per heavy atom. The number of aryl methyl sites for hydroxylation is 1. The molecule has 1 aromatic heterocycles. The van der Waals surface area contributed by atoms with Crippen molar-refractivity contribution in [2.45, 2.75) is 33.1 Å². The average molecular weight is 278 g/mol. The molecular formula is C14H22N4O2. The molecule has 0 aromatic carbocycles. The van der Waals surface area contributed by atoms with E-state index in [4.69, 9.17) is 5.11 Å². The number of hydrogen-bond acceptors (Lipinski definition) is 5. The number of rotatable bonds is 5. The van der Waals surface area contributed by atoms with Crippen LogP contribution in [0.3, 0.4) is 0 Å². The third-order valence-electron chi connectivity index (χ3n) is 3.54. The van der Waals surface area contributed by atoms with Crippen molar-refractivity contribution >= 4 is 17.7 Å². The largest absolute Gasteiger partial charge is 0.481 e. The number of anilines is 2. The second-order valence-corrected chi connectivity index (χ2v) is 5.22. The van der Waals surface area contributed by atoms with Gasteiger partial charge in [0.15, 0.2) is 0 Å². The van der Waals surface area contributed by atoms with E-state index in [1.807, 2.05) is 13.0 Å². The van der Waals surface area contributed by atoms with Crippen molar-refractivity contribution < 1.29 is 9.90 Å². The van der Waals surface area contributed by atoms with E-state index in [1.165, 1.54) is 0 Å². The molecule has 0 radical (unpaired) electrons. The van der Waals surface area contributed by atoms with Crippen molar-refractivity contribution in [2.24, 2.45) is 5.92 Å². The van der Waals surface area contributed by atoms with Crippen molar-refractivity contribution in [3.05, 3.63) is 11.8 Å². The predicted molar refractivity (Wildman–Crippen MR) is 78.1 cm³/mol. The number of carboxylic acids is 1. The smallest absolute Gasteiger partial charge is 0.306 e. The Morgan fingerprint density at radius 1 is 1.45 bits per heavy atom. The first kappa shape index (κ1) is 14.6. The molecule has 1 aliphatic heterocycles. The van der Waals surface area contributed by atoms with Crippen LogP contribution < -0.4 is 10.2 Å². The molecule has 0 aliphatic carbocycles. The van der Waals surface area contributed by atoms with Gasteiger partial charge in [0.25, 0.3) is 0 Å². The fourth-order valence-corrected chi connectivity index (χ4v) is 2.39. The van der Waals surface area contributed by atoms with E-state index in [2.05, 4.69) is 27.1 Å². The Kier molecular flexibility index (Phi) is 4.76. The van der Waals surface area contributed by atoms with E-state index >= 15 is 0 Å². The van der Waals surface area contributed by atoms with Gasteiger partial charge in [0.05, 0.1) is 5.92 Å². The Morgan fingerprint density at radius 3 is 2.75 bits per heavy atom. The van der Waals surface area contributed by atoms with Crippen molar-refractivity contribution in [1.82, 2.24) is 9.97 Å². The first-order valence-electron chi connectivity index (χ1n) is 7.17. The number of nitrogens with zero attached hydrogens (tertiary/aromatic N) is 3. The summed E-state index contributed by atoms with van der Waals surface area (Å²) >= 11 is 0. The lowest BCUT2D eigenvalue weighted by Gasteiger charge is -2.31. The standard InChI is InChI=1S/C14H22N4O2/c1-3-6-15-14-16-10(2)9-12(17-14)18-7-4-11(5-8-18)13(19)20/h9,11H,3-8H2,1-2H3,(H,19,20)(H,15,16,17). The molecule has 6 nitrogen and oxygen atoms in total. The van der Waals surface area contributed by atoms with Crippen molar-refractivity contribution in [3.8, 4) is 0 Å². The molecule has 1 fully saturated rings. The van der Waals surface area contributed by atoms with Gasteiger partial charge in [-0.15, -0.1) is 0 Å². The molecule has 1 aliphatic rings. The van der Waals surface area contributed by atoms with Crippen molar-refractivity contribution in [1.29, 1.82) is 0 Å². The lowest BCUT2D eigenvalue weighted by atomic mass is 9.97. The second-order valence-electron chi connectivity index (χ2n) is 5.22. The summed E-state index contributed by atoms with van der Waals surface area (Å²) in [6.07, 6.45) is 2.38. The van der Waals surface area contributed by atoms with Crippen LogP contribution in [-0.4, -0.2) is 40.7 Å². The quantitative estimate of drug-likeness (QED) is 0.856. The molecule has 0 saturated carbocycles. The first-order valence-corrected chi connectivity index (χ1v) is 7.17. The fraction of sp³-hybridized carbons (Fsp3) is 0.643. The Labute approximate surface area is 119 Å². The molecule has 0 bridgehead atoms. The van der Waals surface area contributed by atoms with Gasteiger partial charge >= 0.3 is 5.97 Å². The van der Waals surface area contributed by atoms with Crippen LogP contribution >= 0.6 is 0 Å². The lowest BCUT2D eigenvalue weighted by Crippen LogP contribution is -2.37. The van der Waals surface area contributed by atoms with Crippen LogP contribution in [-0.2, 0) is 4.79 Å². The van der Waals surface area contributed by atoms with Crippen LogP contribution in [0, 0.1) is 12.8 Å². The number of aromatic nitrogens is 2. The van der Waals surface area contributed by atoms with Gasteiger partial charge in [-0.2, -0.15) is 4.98 Å². The zero-order valence-corrected chi connectivity index (χ0v) is 12.1. The summed E-state index contributed by atoms with van der Waals surface area (Å²) in [5.41, 5.74) is 0.925. The summed E-state index contributed by atoms with van der Waals surface area (Å²) in [7, 11) is 0. The first-order chi connectivity index (χ1) is 9.60. The highest BCUT2D eigenvalue weighted by molar-refractivity contribution is 5.70. The highest BCUT2D eigenvalue weighted by Crippen LogP contribution is 2.23. The topological polar surface area (TPSA) is 78.4 Å². The van der Waals surface area contributed by atoms with Crippen molar-refractivity contribution in [3.63, 3.8) is 0 Å².